The molecule has 0 N–H and O–H groups in total. The SMILES string of the molecule is CC12CC(/C=C/OC=O)(C1)C2. The summed E-state index contributed by atoms with van der Waals surface area (Å²) in [6, 6.07) is 0. The molecule has 0 saturated heterocycles. The molecule has 0 aromatic heterocycles. The average molecular weight is 152 g/mol. The molecular formula is C9H12O2. The summed E-state index contributed by atoms with van der Waals surface area (Å²) in [5.41, 5.74) is 1.04. The molecule has 3 fully saturated rings. The van der Waals surface area contributed by atoms with Crippen LogP contribution in [0.1, 0.15) is 26.2 Å². The summed E-state index contributed by atoms with van der Waals surface area (Å²) in [7, 11) is 0. The van der Waals surface area contributed by atoms with E-state index >= 15 is 0 Å². The molecule has 60 valence electrons. The second-order valence-electron chi connectivity index (χ2n) is 4.24. The van der Waals surface area contributed by atoms with Crippen LogP contribution in [0, 0.1) is 10.8 Å². The van der Waals surface area contributed by atoms with Gasteiger partial charge in [0.2, 0.25) is 0 Å². The van der Waals surface area contributed by atoms with Gasteiger partial charge in [-0.2, -0.15) is 0 Å². The van der Waals surface area contributed by atoms with Gasteiger partial charge in [-0.3, -0.25) is 4.79 Å². The number of hydrogen-bond acceptors (Lipinski definition) is 2. The first-order valence-corrected chi connectivity index (χ1v) is 3.95. The van der Waals surface area contributed by atoms with Crippen LogP contribution in [0.5, 0.6) is 0 Å². The number of carbonyl (C=O) groups excluding carboxylic acids is 1. The molecule has 0 amide bonds. The van der Waals surface area contributed by atoms with Crippen molar-refractivity contribution in [1.29, 1.82) is 0 Å². The molecule has 0 spiro atoms. The monoisotopic (exact) mass is 152 g/mol. The molecule has 2 bridgehead atoms. The highest BCUT2D eigenvalue weighted by atomic mass is 16.5. The summed E-state index contributed by atoms with van der Waals surface area (Å²) < 4.78 is 4.50. The van der Waals surface area contributed by atoms with E-state index in [0.29, 0.717) is 17.3 Å². The topological polar surface area (TPSA) is 26.3 Å². The lowest BCUT2D eigenvalue weighted by Gasteiger charge is -2.68. The Morgan fingerprint density at radius 3 is 2.45 bits per heavy atom. The normalized spacial score (nSPS) is 46.3. The summed E-state index contributed by atoms with van der Waals surface area (Å²) in [5.74, 6) is 0. The van der Waals surface area contributed by atoms with Gasteiger partial charge in [0, 0.05) is 0 Å². The minimum Gasteiger partial charge on any atom is -0.437 e. The van der Waals surface area contributed by atoms with E-state index in [1.54, 1.807) is 0 Å². The van der Waals surface area contributed by atoms with E-state index in [1.807, 2.05) is 6.08 Å². The molecule has 3 saturated carbocycles. The van der Waals surface area contributed by atoms with Crippen LogP contribution >= 0.6 is 0 Å². The maximum absolute atomic E-state index is 9.80. The number of carbonyl (C=O) groups is 1. The van der Waals surface area contributed by atoms with Crippen molar-refractivity contribution in [3.05, 3.63) is 12.3 Å². The van der Waals surface area contributed by atoms with Crippen molar-refractivity contribution in [3.8, 4) is 0 Å². The first kappa shape index (κ1) is 6.89. The largest absolute Gasteiger partial charge is 0.437 e. The Balaban J connectivity index is 1.86. The Kier molecular flexibility index (Phi) is 1.17. The number of rotatable bonds is 3. The molecule has 2 heteroatoms. The zero-order chi connectivity index (χ0) is 7.95. The van der Waals surface area contributed by atoms with Crippen LogP contribution in [0.3, 0.4) is 0 Å². The molecular weight excluding hydrogens is 140 g/mol. The van der Waals surface area contributed by atoms with Gasteiger partial charge in [-0.15, -0.1) is 0 Å². The highest BCUT2D eigenvalue weighted by Gasteiger charge is 2.63. The van der Waals surface area contributed by atoms with E-state index in [0.717, 1.165) is 0 Å². The third kappa shape index (κ3) is 0.889. The molecule has 3 aliphatic rings. The molecule has 11 heavy (non-hydrogen) atoms. The summed E-state index contributed by atoms with van der Waals surface area (Å²) in [6.07, 6.45) is 7.38. The first-order chi connectivity index (χ1) is 5.18. The lowest BCUT2D eigenvalue weighted by molar-refractivity contribution is -0.155. The summed E-state index contributed by atoms with van der Waals surface area (Å²) >= 11 is 0. The van der Waals surface area contributed by atoms with E-state index in [1.165, 1.54) is 25.5 Å². The fraction of sp³-hybridized carbons (Fsp3) is 0.667. The van der Waals surface area contributed by atoms with Crippen LogP contribution in [0.25, 0.3) is 0 Å². The molecule has 0 radical (unpaired) electrons. The Bertz CT molecular complexity index is 198. The molecule has 0 aromatic rings. The van der Waals surface area contributed by atoms with E-state index in [-0.39, 0.29) is 0 Å². The highest BCUT2D eigenvalue weighted by molar-refractivity contribution is 5.38. The zero-order valence-electron chi connectivity index (χ0n) is 6.67. The summed E-state index contributed by atoms with van der Waals surface area (Å²) in [6.45, 7) is 2.77. The van der Waals surface area contributed by atoms with Gasteiger partial charge in [0.05, 0.1) is 6.26 Å². The zero-order valence-corrected chi connectivity index (χ0v) is 6.67. The van der Waals surface area contributed by atoms with Crippen LogP contribution in [0.2, 0.25) is 0 Å². The first-order valence-electron chi connectivity index (χ1n) is 3.95. The van der Waals surface area contributed by atoms with Crippen molar-refractivity contribution in [1.82, 2.24) is 0 Å². The average Bonchev–Trinajstić information content (AvgIpc) is 1.82. The van der Waals surface area contributed by atoms with Gasteiger partial charge in [0.1, 0.15) is 0 Å². The predicted octanol–water partition coefficient (Wildman–Crippen LogP) is 1.86. The van der Waals surface area contributed by atoms with Crippen LogP contribution in [-0.4, -0.2) is 6.47 Å². The standard InChI is InChI=1S/C9H12O2/c1-8-4-9(5-8,6-8)2-3-11-7-10/h2-3,7H,4-6H2,1H3/b3-2+. The molecule has 0 aliphatic heterocycles. The highest BCUT2D eigenvalue weighted by Crippen LogP contribution is 2.73. The fourth-order valence-electron chi connectivity index (χ4n) is 2.79. The Morgan fingerprint density at radius 1 is 1.36 bits per heavy atom. The smallest absolute Gasteiger partial charge is 0.297 e. The van der Waals surface area contributed by atoms with Gasteiger partial charge in [0.25, 0.3) is 6.47 Å². The maximum Gasteiger partial charge on any atom is 0.297 e. The molecule has 0 heterocycles. The molecule has 2 nitrogen and oxygen atoms in total. The Labute approximate surface area is 66.2 Å². The van der Waals surface area contributed by atoms with Crippen LogP contribution < -0.4 is 0 Å². The third-order valence-electron chi connectivity index (χ3n) is 2.89. The molecule has 0 atom stereocenters. The Morgan fingerprint density at radius 2 is 2.00 bits per heavy atom. The van der Waals surface area contributed by atoms with E-state index in [9.17, 15) is 4.79 Å². The minimum atomic E-state index is 0.414. The van der Waals surface area contributed by atoms with Crippen molar-refractivity contribution in [2.75, 3.05) is 0 Å². The van der Waals surface area contributed by atoms with Crippen LogP contribution in [-0.2, 0) is 9.53 Å². The van der Waals surface area contributed by atoms with Crippen molar-refractivity contribution < 1.29 is 9.53 Å². The Hall–Kier alpha value is -0.790. The van der Waals surface area contributed by atoms with E-state index in [2.05, 4.69) is 11.7 Å². The van der Waals surface area contributed by atoms with Gasteiger partial charge in [0.15, 0.2) is 0 Å². The quantitative estimate of drug-likeness (QED) is 0.455. The van der Waals surface area contributed by atoms with Crippen LogP contribution in [0.15, 0.2) is 12.3 Å². The van der Waals surface area contributed by atoms with Gasteiger partial charge >= 0.3 is 0 Å². The van der Waals surface area contributed by atoms with Crippen molar-refractivity contribution >= 4 is 6.47 Å². The van der Waals surface area contributed by atoms with Gasteiger partial charge in [-0.25, -0.2) is 0 Å². The molecule has 0 aromatic carbocycles. The number of allylic oxidation sites excluding steroid dienone is 1. The lowest BCUT2D eigenvalue weighted by Crippen LogP contribution is -2.58. The second-order valence-corrected chi connectivity index (χ2v) is 4.24. The van der Waals surface area contributed by atoms with Crippen molar-refractivity contribution in [2.24, 2.45) is 10.8 Å². The summed E-state index contributed by atoms with van der Waals surface area (Å²) in [5, 5.41) is 0. The number of hydrogen-bond donors (Lipinski definition) is 0. The van der Waals surface area contributed by atoms with E-state index < -0.39 is 0 Å². The van der Waals surface area contributed by atoms with Crippen molar-refractivity contribution in [3.63, 3.8) is 0 Å². The van der Waals surface area contributed by atoms with Gasteiger partial charge in [-0.1, -0.05) is 6.92 Å². The second kappa shape index (κ2) is 1.87. The maximum atomic E-state index is 9.80. The predicted molar refractivity (Wildman–Crippen MR) is 40.7 cm³/mol. The minimum absolute atomic E-state index is 0.414. The molecule has 3 aliphatic carbocycles. The lowest BCUT2D eigenvalue weighted by atomic mass is 9.36. The summed E-state index contributed by atoms with van der Waals surface area (Å²) in [4.78, 5) is 9.80. The van der Waals surface area contributed by atoms with Gasteiger partial charge < -0.3 is 4.74 Å². The van der Waals surface area contributed by atoms with Crippen LogP contribution in [0.4, 0.5) is 0 Å². The molecule has 3 rings (SSSR count). The third-order valence-corrected chi connectivity index (χ3v) is 2.89. The van der Waals surface area contributed by atoms with Crippen molar-refractivity contribution in [2.45, 2.75) is 26.2 Å². The number of ether oxygens (including phenoxy) is 1. The van der Waals surface area contributed by atoms with E-state index in [4.69, 9.17) is 0 Å². The molecule has 0 unspecified atom stereocenters. The fourth-order valence-corrected chi connectivity index (χ4v) is 2.79. The van der Waals surface area contributed by atoms with Gasteiger partial charge in [-0.05, 0) is 36.2 Å².